The van der Waals surface area contributed by atoms with E-state index in [-0.39, 0.29) is 0 Å². The van der Waals surface area contributed by atoms with E-state index in [1.807, 2.05) is 37.4 Å². The van der Waals surface area contributed by atoms with Crippen molar-refractivity contribution in [2.24, 2.45) is 0 Å². The van der Waals surface area contributed by atoms with Crippen molar-refractivity contribution in [3.05, 3.63) is 48.3 Å². The van der Waals surface area contributed by atoms with Crippen molar-refractivity contribution in [2.45, 2.75) is 30.9 Å². The molecule has 2 aromatic heterocycles. The first kappa shape index (κ1) is 14.8. The minimum atomic E-state index is -3.23. The lowest BCUT2D eigenvalue weighted by Crippen LogP contribution is -2.13. The minimum Gasteiger partial charge on any atom is -0.346 e. The van der Waals surface area contributed by atoms with Gasteiger partial charge in [0.15, 0.2) is 9.84 Å². The summed E-state index contributed by atoms with van der Waals surface area (Å²) in [5.41, 5.74) is 3.80. The Hall–Kier alpha value is -2.14. The van der Waals surface area contributed by atoms with E-state index in [9.17, 15) is 8.42 Å². The molecule has 114 valence electrons. The van der Waals surface area contributed by atoms with Crippen LogP contribution in [-0.2, 0) is 9.84 Å². The Bertz CT molecular complexity index is 923. The number of fused-ring (bicyclic) bond motifs is 1. The number of nitrogens with zero attached hydrogens (tertiary/aromatic N) is 1. The highest BCUT2D eigenvalue weighted by molar-refractivity contribution is 7.92. The van der Waals surface area contributed by atoms with Crippen LogP contribution in [0.4, 0.5) is 0 Å². The summed E-state index contributed by atoms with van der Waals surface area (Å²) in [5.74, 6) is 0. The number of rotatable bonds is 3. The van der Waals surface area contributed by atoms with Crippen molar-refractivity contribution in [1.29, 1.82) is 0 Å². The molecule has 0 saturated carbocycles. The molecular weight excluding hydrogens is 296 g/mol. The van der Waals surface area contributed by atoms with E-state index in [4.69, 9.17) is 0 Å². The zero-order chi connectivity index (χ0) is 15.9. The van der Waals surface area contributed by atoms with Crippen LogP contribution in [0.25, 0.3) is 22.2 Å². The lowest BCUT2D eigenvalue weighted by Gasteiger charge is -2.08. The maximum absolute atomic E-state index is 12.2. The number of benzene rings is 1. The molecule has 3 aromatic rings. The van der Waals surface area contributed by atoms with Crippen LogP contribution in [0, 0.1) is 6.92 Å². The average Bonchev–Trinajstić information content (AvgIpc) is 2.90. The number of sulfone groups is 1. The van der Waals surface area contributed by atoms with Gasteiger partial charge in [-0.25, -0.2) is 13.4 Å². The summed E-state index contributed by atoms with van der Waals surface area (Å²) in [5, 5.41) is 0.615. The van der Waals surface area contributed by atoms with Gasteiger partial charge in [0.25, 0.3) is 0 Å². The molecule has 0 spiro atoms. The highest BCUT2D eigenvalue weighted by atomic mass is 32.2. The molecule has 0 atom stereocenters. The highest BCUT2D eigenvalue weighted by Gasteiger charge is 2.19. The molecule has 0 bridgehead atoms. The number of aryl methyl sites for hydroxylation is 1. The highest BCUT2D eigenvalue weighted by Crippen LogP contribution is 2.29. The molecule has 4 nitrogen and oxygen atoms in total. The molecule has 1 N–H and O–H groups in total. The number of nitrogens with one attached hydrogen (secondary N) is 1. The van der Waals surface area contributed by atoms with Crippen LogP contribution in [-0.4, -0.2) is 23.6 Å². The predicted octanol–water partition coefficient (Wildman–Crippen LogP) is 3.72. The molecule has 0 aliphatic rings. The van der Waals surface area contributed by atoms with Crippen LogP contribution in [0.3, 0.4) is 0 Å². The summed E-state index contributed by atoms with van der Waals surface area (Å²) in [6.07, 6.45) is 1.91. The third-order valence-electron chi connectivity index (χ3n) is 3.79. The zero-order valence-corrected chi connectivity index (χ0v) is 13.6. The predicted molar refractivity (Wildman–Crippen MR) is 88.6 cm³/mol. The summed E-state index contributed by atoms with van der Waals surface area (Å²) >= 11 is 0. The summed E-state index contributed by atoms with van der Waals surface area (Å²) in [4.78, 5) is 7.97. The van der Waals surface area contributed by atoms with Crippen LogP contribution < -0.4 is 0 Å². The number of hydrogen-bond acceptors (Lipinski definition) is 3. The van der Waals surface area contributed by atoms with Gasteiger partial charge in [-0.3, -0.25) is 0 Å². The van der Waals surface area contributed by atoms with E-state index in [0.717, 1.165) is 27.9 Å². The summed E-state index contributed by atoms with van der Waals surface area (Å²) in [6.45, 7) is 5.33. The molecule has 2 heterocycles. The largest absolute Gasteiger partial charge is 0.346 e. The van der Waals surface area contributed by atoms with Gasteiger partial charge in [-0.15, -0.1) is 0 Å². The Balaban J connectivity index is 2.06. The SMILES string of the molecule is Cc1ccc2c(-c3ccc(S(=O)(=O)C(C)C)cc3)c[nH]c2n1. The van der Waals surface area contributed by atoms with Gasteiger partial charge in [-0.2, -0.15) is 0 Å². The molecule has 0 aliphatic heterocycles. The van der Waals surface area contributed by atoms with Crippen molar-refractivity contribution < 1.29 is 8.42 Å². The third-order valence-corrected chi connectivity index (χ3v) is 5.96. The molecule has 0 radical (unpaired) electrons. The molecule has 0 saturated heterocycles. The summed E-state index contributed by atoms with van der Waals surface area (Å²) in [6, 6.07) is 11.0. The first-order chi connectivity index (χ1) is 10.4. The number of hydrogen-bond donors (Lipinski definition) is 1. The number of aromatic nitrogens is 2. The molecule has 0 fully saturated rings. The van der Waals surface area contributed by atoms with Crippen LogP contribution in [0.5, 0.6) is 0 Å². The van der Waals surface area contributed by atoms with Gasteiger partial charge in [-0.1, -0.05) is 12.1 Å². The van der Waals surface area contributed by atoms with E-state index < -0.39 is 15.1 Å². The number of pyridine rings is 1. The maximum Gasteiger partial charge on any atom is 0.180 e. The summed E-state index contributed by atoms with van der Waals surface area (Å²) < 4.78 is 24.3. The van der Waals surface area contributed by atoms with Crippen LogP contribution in [0.2, 0.25) is 0 Å². The van der Waals surface area contributed by atoms with Gasteiger partial charge in [0.1, 0.15) is 5.65 Å². The second-order valence-corrected chi connectivity index (χ2v) is 8.17. The second kappa shape index (κ2) is 5.25. The van der Waals surface area contributed by atoms with Crippen molar-refractivity contribution in [1.82, 2.24) is 9.97 Å². The summed E-state index contributed by atoms with van der Waals surface area (Å²) in [7, 11) is -3.23. The van der Waals surface area contributed by atoms with Gasteiger partial charge in [0, 0.05) is 22.8 Å². The van der Waals surface area contributed by atoms with Gasteiger partial charge < -0.3 is 4.98 Å². The van der Waals surface area contributed by atoms with Gasteiger partial charge >= 0.3 is 0 Å². The number of aromatic amines is 1. The van der Waals surface area contributed by atoms with E-state index in [1.54, 1.807) is 26.0 Å². The zero-order valence-electron chi connectivity index (χ0n) is 12.8. The molecular formula is C17H18N2O2S. The number of H-pyrrole nitrogens is 1. The van der Waals surface area contributed by atoms with Crippen molar-refractivity contribution in [2.75, 3.05) is 0 Å². The van der Waals surface area contributed by atoms with Gasteiger partial charge in [0.2, 0.25) is 0 Å². The van der Waals surface area contributed by atoms with Crippen LogP contribution in [0.1, 0.15) is 19.5 Å². The molecule has 5 heteroatoms. The third kappa shape index (κ3) is 2.41. The fraction of sp³-hybridized carbons (Fsp3) is 0.235. The molecule has 22 heavy (non-hydrogen) atoms. The van der Waals surface area contributed by atoms with Crippen molar-refractivity contribution in [3.63, 3.8) is 0 Å². The maximum atomic E-state index is 12.2. The van der Waals surface area contributed by atoms with E-state index in [0.29, 0.717) is 4.90 Å². The first-order valence-corrected chi connectivity index (χ1v) is 8.73. The average molecular weight is 314 g/mol. The monoisotopic (exact) mass is 314 g/mol. The minimum absolute atomic E-state index is 0.361. The standard InChI is InChI=1S/C17H18N2O2S/c1-11(2)22(20,21)14-7-5-13(6-8-14)16-10-18-17-15(16)9-4-12(3)19-17/h4-11H,1-3H3,(H,18,19). The normalized spacial score (nSPS) is 12.2. The molecule has 3 rings (SSSR count). The van der Waals surface area contributed by atoms with Gasteiger partial charge in [-0.05, 0) is 50.6 Å². The molecule has 0 aliphatic carbocycles. The topological polar surface area (TPSA) is 62.8 Å². The van der Waals surface area contributed by atoms with Crippen LogP contribution in [0.15, 0.2) is 47.5 Å². The Morgan fingerprint density at radius 1 is 1.05 bits per heavy atom. The van der Waals surface area contributed by atoms with Gasteiger partial charge in [0.05, 0.1) is 10.1 Å². The lowest BCUT2D eigenvalue weighted by molar-refractivity contribution is 0.587. The lowest BCUT2D eigenvalue weighted by atomic mass is 10.1. The molecule has 0 amide bonds. The Kier molecular flexibility index (Phi) is 3.53. The Labute approximate surface area is 130 Å². The van der Waals surface area contributed by atoms with E-state index in [2.05, 4.69) is 9.97 Å². The van der Waals surface area contributed by atoms with E-state index >= 15 is 0 Å². The molecule has 1 aromatic carbocycles. The quantitative estimate of drug-likeness (QED) is 0.801. The Morgan fingerprint density at radius 3 is 2.36 bits per heavy atom. The van der Waals surface area contributed by atoms with Crippen molar-refractivity contribution >= 4 is 20.9 Å². The fourth-order valence-corrected chi connectivity index (χ4v) is 3.50. The van der Waals surface area contributed by atoms with Crippen LogP contribution >= 0.6 is 0 Å². The second-order valence-electron chi connectivity index (χ2n) is 5.67. The Morgan fingerprint density at radius 2 is 1.73 bits per heavy atom. The fourth-order valence-electron chi connectivity index (χ4n) is 2.44. The smallest absolute Gasteiger partial charge is 0.180 e. The van der Waals surface area contributed by atoms with Crippen molar-refractivity contribution in [3.8, 4) is 11.1 Å². The first-order valence-electron chi connectivity index (χ1n) is 7.18. The molecule has 0 unspecified atom stereocenters. The van der Waals surface area contributed by atoms with E-state index in [1.165, 1.54) is 0 Å².